The molecule has 0 rings (SSSR count). The van der Waals surface area contributed by atoms with E-state index in [1.807, 2.05) is 0 Å². The third kappa shape index (κ3) is 41.0. The molecule has 0 fully saturated rings. The van der Waals surface area contributed by atoms with E-state index in [0.29, 0.717) is 0 Å². The molecule has 0 aromatic rings. The molecule has 0 aromatic heterocycles. The van der Waals surface area contributed by atoms with Gasteiger partial charge in [0.2, 0.25) is 0 Å². The Morgan fingerprint density at radius 1 is 1.33 bits per heavy atom. The van der Waals surface area contributed by atoms with Crippen molar-refractivity contribution in [3.05, 3.63) is 0 Å². The number of hydrogen-bond donors (Lipinski definition) is 2. The van der Waals surface area contributed by atoms with Crippen molar-refractivity contribution in [2.45, 2.75) is 0 Å². The molecule has 0 unspecified atom stereocenters. The van der Waals surface area contributed by atoms with Gasteiger partial charge in [-0.3, -0.25) is 4.46 Å². The van der Waals surface area contributed by atoms with E-state index in [1.165, 1.54) is 0 Å². The predicted molar refractivity (Wildman–Crippen MR) is 10.9 cm³/mol. The first-order valence-corrected chi connectivity index (χ1v) is 1.95. The first-order valence-electron chi connectivity index (χ1n) is 0.651. The summed E-state index contributed by atoms with van der Waals surface area (Å²) in [5.41, 5.74) is 0. The summed E-state index contributed by atoms with van der Waals surface area (Å²) in [4.78, 5) is 14.3. The Morgan fingerprint density at radius 2 is 1.33 bits per heavy atom. The van der Waals surface area contributed by atoms with Gasteiger partial charge >= 0.3 is 9.17 Å². The second kappa shape index (κ2) is 9.94. The molecular weight excluding hydrogens is 412 g/mol. The summed E-state index contributed by atoms with van der Waals surface area (Å²) in [6.45, 7) is 0. The summed E-state index contributed by atoms with van der Waals surface area (Å²) in [5.74, 6) is 0. The van der Waals surface area contributed by atoms with Crippen LogP contribution < -0.4 is 0 Å². The molecule has 0 bridgehead atoms. The van der Waals surface area contributed by atoms with Gasteiger partial charge in [-0.05, 0) is 0 Å². The average molecular weight is 414 g/mol. The molecule has 36 valence electrons. The molecular formula is H2GdHfO3Si. The van der Waals surface area contributed by atoms with Gasteiger partial charge in [-0.1, -0.05) is 0 Å². The van der Waals surface area contributed by atoms with Crippen LogP contribution in [0.15, 0.2) is 0 Å². The van der Waals surface area contributed by atoms with E-state index >= 15 is 0 Å². The van der Waals surface area contributed by atoms with Gasteiger partial charge in [0.1, 0.15) is 0 Å². The van der Waals surface area contributed by atoms with Crippen molar-refractivity contribution in [1.29, 1.82) is 0 Å². The van der Waals surface area contributed by atoms with Gasteiger partial charge in [0.05, 0.1) is 0 Å². The van der Waals surface area contributed by atoms with Crippen LogP contribution in [0.3, 0.4) is 0 Å². The van der Waals surface area contributed by atoms with Crippen molar-refractivity contribution in [3.63, 3.8) is 0 Å². The number of rotatable bonds is 0. The van der Waals surface area contributed by atoms with Crippen LogP contribution in [-0.4, -0.2) is 18.8 Å². The number of hydrogen-bond acceptors (Lipinski definition) is 1. The Balaban J connectivity index is -0.0000000450. The van der Waals surface area contributed by atoms with Crippen molar-refractivity contribution in [1.82, 2.24) is 0 Å². The van der Waals surface area contributed by atoms with Gasteiger partial charge in [-0.15, -0.1) is 0 Å². The van der Waals surface area contributed by atoms with E-state index in [4.69, 9.17) is 14.1 Å². The smallest absolute Gasteiger partial charge is 0.511 e. The van der Waals surface area contributed by atoms with Crippen LogP contribution in [-0.2, 0) is 30.3 Å². The fourth-order valence-electron chi connectivity index (χ4n) is 0. The minimum atomic E-state index is -3.13. The van der Waals surface area contributed by atoms with Gasteiger partial charge in [-0.2, -0.15) is 0 Å². The van der Waals surface area contributed by atoms with Gasteiger partial charge in [-0.25, -0.2) is 0 Å². The van der Waals surface area contributed by atoms with Crippen LogP contribution in [0.4, 0.5) is 0 Å². The maximum atomic E-state index is 8.74. The topological polar surface area (TPSA) is 57.5 Å². The summed E-state index contributed by atoms with van der Waals surface area (Å²) in [6, 6.07) is 0. The fraction of sp³-hybridized carbons (Fsp3) is 0. The summed E-state index contributed by atoms with van der Waals surface area (Å²) in [5, 5.41) is 0. The Kier molecular flexibility index (Phi) is 25.9. The SMILES string of the molecule is O=[Si](O)O.[Gd].[Hf]. The van der Waals surface area contributed by atoms with E-state index in [0.717, 1.165) is 0 Å². The van der Waals surface area contributed by atoms with Crippen LogP contribution >= 0.6 is 0 Å². The monoisotopic (exact) mass is 416 g/mol. The molecule has 3 nitrogen and oxygen atoms in total. The third-order valence-electron chi connectivity index (χ3n) is 0. The molecule has 0 saturated carbocycles. The zero-order valence-corrected chi connectivity index (χ0v) is 9.52. The Hall–Kier alpha value is 1.81. The molecule has 0 atom stereocenters. The third-order valence-corrected chi connectivity index (χ3v) is 0. The quantitative estimate of drug-likeness (QED) is 0.470. The molecule has 0 spiro atoms. The zero-order valence-electron chi connectivity index (χ0n) is 2.66. The van der Waals surface area contributed by atoms with E-state index in [1.54, 1.807) is 0 Å². The van der Waals surface area contributed by atoms with Crippen molar-refractivity contribution >= 4 is 9.17 Å². The Labute approximate surface area is 87.5 Å². The minimum absolute atomic E-state index is 0. The van der Waals surface area contributed by atoms with Crippen LogP contribution in [0.5, 0.6) is 0 Å². The van der Waals surface area contributed by atoms with Crippen LogP contribution in [0.2, 0.25) is 0 Å². The summed E-state index contributed by atoms with van der Waals surface area (Å²) in [6.07, 6.45) is 0. The molecule has 0 aromatic carbocycles. The molecule has 2 N–H and O–H groups in total. The summed E-state index contributed by atoms with van der Waals surface area (Å²) in [7, 11) is -3.13. The summed E-state index contributed by atoms with van der Waals surface area (Å²) >= 11 is 0. The van der Waals surface area contributed by atoms with Crippen molar-refractivity contribution in [3.8, 4) is 0 Å². The molecule has 6 heteroatoms. The first-order chi connectivity index (χ1) is 1.73. The molecule has 0 heterocycles. The second-order valence-corrected chi connectivity index (χ2v) is 0.848. The Morgan fingerprint density at radius 3 is 1.33 bits per heavy atom. The van der Waals surface area contributed by atoms with E-state index in [9.17, 15) is 0 Å². The van der Waals surface area contributed by atoms with E-state index in [-0.39, 0.29) is 65.8 Å². The van der Waals surface area contributed by atoms with Crippen LogP contribution in [0.25, 0.3) is 0 Å². The zero-order chi connectivity index (χ0) is 3.58. The van der Waals surface area contributed by atoms with Crippen LogP contribution in [0, 0.1) is 39.9 Å². The molecule has 0 saturated heterocycles. The molecule has 6 heavy (non-hydrogen) atoms. The molecule has 0 amide bonds. The summed E-state index contributed by atoms with van der Waals surface area (Å²) < 4.78 is 8.74. The van der Waals surface area contributed by atoms with E-state index in [2.05, 4.69) is 0 Å². The first kappa shape index (κ1) is 15.7. The maximum Gasteiger partial charge on any atom is 0.761 e. The molecule has 0 radical (unpaired) electrons. The largest absolute Gasteiger partial charge is 0.761 e. The Bertz CT molecular complexity index is 33.8. The fourth-order valence-corrected chi connectivity index (χ4v) is 0. The second-order valence-electron chi connectivity index (χ2n) is 0.283. The minimum Gasteiger partial charge on any atom is -0.511 e. The standard InChI is InChI=1S/Gd.Hf.H2O3Si/c;;1-4(2)3/h;;1-2H. The molecule has 0 aliphatic rings. The van der Waals surface area contributed by atoms with Crippen molar-refractivity contribution in [2.75, 3.05) is 0 Å². The van der Waals surface area contributed by atoms with Gasteiger partial charge in [0.15, 0.2) is 0 Å². The normalized spacial score (nSPS) is 4.00. The molecule has 0 aliphatic carbocycles. The molecule has 0 aliphatic heterocycles. The van der Waals surface area contributed by atoms with Crippen molar-refractivity contribution < 1.29 is 79.8 Å². The average Bonchev–Trinajstić information content (AvgIpc) is 0.811. The van der Waals surface area contributed by atoms with E-state index < -0.39 is 9.17 Å². The van der Waals surface area contributed by atoms with Gasteiger partial charge < -0.3 is 9.59 Å². The maximum absolute atomic E-state index is 8.74. The van der Waals surface area contributed by atoms with Crippen LogP contribution in [0.1, 0.15) is 0 Å². The van der Waals surface area contributed by atoms with Crippen molar-refractivity contribution in [2.24, 2.45) is 0 Å². The predicted octanol–water partition coefficient (Wildman–Crippen LogP) is -1.62. The van der Waals surface area contributed by atoms with Gasteiger partial charge in [0.25, 0.3) is 0 Å². The van der Waals surface area contributed by atoms with Gasteiger partial charge in [0, 0.05) is 65.8 Å².